The molecule has 0 saturated heterocycles. The number of halogens is 2. The maximum atomic E-state index is 6.01. The summed E-state index contributed by atoms with van der Waals surface area (Å²) in [5, 5.41) is 1.92. The van der Waals surface area contributed by atoms with E-state index in [-0.39, 0.29) is 0 Å². The van der Waals surface area contributed by atoms with Crippen molar-refractivity contribution in [3.63, 3.8) is 0 Å². The lowest BCUT2D eigenvalue weighted by molar-refractivity contribution is 0.342. The van der Waals surface area contributed by atoms with Gasteiger partial charge in [0.1, 0.15) is 0 Å². The minimum atomic E-state index is 0.716. The first-order valence-electron chi connectivity index (χ1n) is 6.01. The van der Waals surface area contributed by atoms with Gasteiger partial charge in [0.25, 0.3) is 0 Å². The quantitative estimate of drug-likeness (QED) is 0.623. The fourth-order valence-electron chi connectivity index (χ4n) is 2.27. The fourth-order valence-corrected chi connectivity index (χ4v) is 3.24. The lowest BCUT2D eigenvalue weighted by Gasteiger charge is -2.23. The summed E-state index contributed by atoms with van der Waals surface area (Å²) in [6.07, 6.45) is 3.64. The van der Waals surface area contributed by atoms with Crippen LogP contribution in [0.4, 0.5) is 0 Å². The van der Waals surface area contributed by atoms with Crippen molar-refractivity contribution in [2.45, 2.75) is 33.1 Å². The van der Waals surface area contributed by atoms with Crippen LogP contribution in [-0.4, -0.2) is 5.33 Å². The molecule has 0 bridgehead atoms. The lowest BCUT2D eigenvalue weighted by atomic mass is 9.85. The first kappa shape index (κ1) is 14.1. The Labute approximate surface area is 113 Å². The molecule has 0 nitrogen and oxygen atoms in total. The molecule has 16 heavy (non-hydrogen) atoms. The molecule has 0 aliphatic carbocycles. The van der Waals surface area contributed by atoms with Crippen LogP contribution in [0, 0.1) is 11.8 Å². The third-order valence-corrected chi connectivity index (χ3v) is 4.37. The molecule has 1 aromatic carbocycles. The molecule has 0 aliphatic heterocycles. The Hall–Kier alpha value is -0.0100. The molecule has 2 heteroatoms. The van der Waals surface area contributed by atoms with Gasteiger partial charge in [0.15, 0.2) is 0 Å². The fraction of sp³-hybridized carbons (Fsp3) is 0.571. The van der Waals surface area contributed by atoms with Crippen molar-refractivity contribution < 1.29 is 0 Å². The number of benzene rings is 1. The van der Waals surface area contributed by atoms with E-state index in [0.717, 1.165) is 22.7 Å². The molecule has 0 saturated carbocycles. The molecular weight excluding hydrogens is 284 g/mol. The molecule has 90 valence electrons. The third-order valence-electron chi connectivity index (χ3n) is 3.30. The summed E-state index contributed by atoms with van der Waals surface area (Å²) < 4.78 is 0. The van der Waals surface area contributed by atoms with Gasteiger partial charge < -0.3 is 0 Å². The van der Waals surface area contributed by atoms with Crippen LogP contribution in [0.25, 0.3) is 0 Å². The van der Waals surface area contributed by atoms with Crippen LogP contribution in [0.1, 0.15) is 32.3 Å². The van der Waals surface area contributed by atoms with E-state index in [1.807, 2.05) is 12.1 Å². The summed E-state index contributed by atoms with van der Waals surface area (Å²) in [4.78, 5) is 0. The van der Waals surface area contributed by atoms with Crippen LogP contribution in [-0.2, 0) is 6.42 Å². The standard InChI is InChI=1S/C14H20BrCl/c1-3-12(4-2)13(10-15)8-11-6-5-7-14(16)9-11/h5-7,9,12-13H,3-4,8,10H2,1-2H3. The zero-order chi connectivity index (χ0) is 12.0. The highest BCUT2D eigenvalue weighted by molar-refractivity contribution is 9.09. The molecule has 0 heterocycles. The topological polar surface area (TPSA) is 0 Å². The van der Waals surface area contributed by atoms with Gasteiger partial charge in [0.2, 0.25) is 0 Å². The molecule has 0 amide bonds. The van der Waals surface area contributed by atoms with Crippen molar-refractivity contribution in [2.75, 3.05) is 5.33 Å². The third kappa shape index (κ3) is 4.10. The Bertz CT molecular complexity index is 307. The van der Waals surface area contributed by atoms with E-state index in [2.05, 4.69) is 41.9 Å². The Balaban J connectivity index is 2.69. The van der Waals surface area contributed by atoms with Crippen molar-refractivity contribution in [1.29, 1.82) is 0 Å². The largest absolute Gasteiger partial charge is 0.0925 e. The molecule has 0 aliphatic rings. The monoisotopic (exact) mass is 302 g/mol. The van der Waals surface area contributed by atoms with Crippen LogP contribution in [0.2, 0.25) is 5.02 Å². The number of hydrogen-bond donors (Lipinski definition) is 0. The highest BCUT2D eigenvalue weighted by atomic mass is 79.9. The van der Waals surface area contributed by atoms with Crippen LogP contribution in [0.3, 0.4) is 0 Å². The molecule has 1 atom stereocenters. The Morgan fingerprint density at radius 1 is 1.19 bits per heavy atom. The van der Waals surface area contributed by atoms with Gasteiger partial charge in [-0.05, 0) is 36.0 Å². The first-order chi connectivity index (χ1) is 7.71. The van der Waals surface area contributed by atoms with E-state index in [9.17, 15) is 0 Å². The first-order valence-corrected chi connectivity index (χ1v) is 7.51. The van der Waals surface area contributed by atoms with Gasteiger partial charge in [-0.1, -0.05) is 66.4 Å². The van der Waals surface area contributed by atoms with E-state index >= 15 is 0 Å². The Morgan fingerprint density at radius 3 is 2.38 bits per heavy atom. The van der Waals surface area contributed by atoms with Gasteiger partial charge in [-0.2, -0.15) is 0 Å². The van der Waals surface area contributed by atoms with Gasteiger partial charge in [-0.15, -0.1) is 0 Å². The molecule has 1 unspecified atom stereocenters. The lowest BCUT2D eigenvalue weighted by Crippen LogP contribution is -2.17. The highest BCUT2D eigenvalue weighted by Gasteiger charge is 2.17. The van der Waals surface area contributed by atoms with Gasteiger partial charge in [0, 0.05) is 10.4 Å². The smallest absolute Gasteiger partial charge is 0.0408 e. The Morgan fingerprint density at radius 2 is 1.88 bits per heavy atom. The molecule has 0 fully saturated rings. The second-order valence-corrected chi connectivity index (χ2v) is 5.41. The van der Waals surface area contributed by atoms with Gasteiger partial charge in [-0.25, -0.2) is 0 Å². The second-order valence-electron chi connectivity index (χ2n) is 4.33. The summed E-state index contributed by atoms with van der Waals surface area (Å²) in [6, 6.07) is 8.23. The summed E-state index contributed by atoms with van der Waals surface area (Å²) in [6.45, 7) is 4.56. The normalized spacial score (nSPS) is 13.1. The predicted molar refractivity (Wildman–Crippen MR) is 76.5 cm³/mol. The number of rotatable bonds is 6. The molecule has 0 aromatic heterocycles. The van der Waals surface area contributed by atoms with Crippen molar-refractivity contribution in [2.24, 2.45) is 11.8 Å². The summed E-state index contributed by atoms with van der Waals surface area (Å²) in [7, 11) is 0. The molecule has 0 radical (unpaired) electrons. The number of alkyl halides is 1. The molecule has 0 N–H and O–H groups in total. The van der Waals surface area contributed by atoms with E-state index in [1.54, 1.807) is 0 Å². The number of hydrogen-bond acceptors (Lipinski definition) is 0. The minimum absolute atomic E-state index is 0.716. The van der Waals surface area contributed by atoms with E-state index in [0.29, 0.717) is 5.92 Å². The zero-order valence-electron chi connectivity index (χ0n) is 10.0. The minimum Gasteiger partial charge on any atom is -0.0925 e. The van der Waals surface area contributed by atoms with Gasteiger partial charge >= 0.3 is 0 Å². The second kappa shape index (κ2) is 7.34. The average Bonchev–Trinajstić information content (AvgIpc) is 2.29. The van der Waals surface area contributed by atoms with Crippen LogP contribution in [0.5, 0.6) is 0 Å². The summed E-state index contributed by atoms with van der Waals surface area (Å²) in [5.74, 6) is 1.52. The molecular formula is C14H20BrCl. The zero-order valence-corrected chi connectivity index (χ0v) is 12.4. The summed E-state index contributed by atoms with van der Waals surface area (Å²) in [5.41, 5.74) is 1.35. The SMILES string of the molecule is CCC(CC)C(CBr)Cc1cccc(Cl)c1. The molecule has 0 spiro atoms. The maximum absolute atomic E-state index is 6.01. The van der Waals surface area contributed by atoms with Crippen molar-refractivity contribution in [3.8, 4) is 0 Å². The molecule has 1 rings (SSSR count). The van der Waals surface area contributed by atoms with E-state index in [4.69, 9.17) is 11.6 Å². The van der Waals surface area contributed by atoms with Gasteiger partial charge in [0.05, 0.1) is 0 Å². The van der Waals surface area contributed by atoms with Crippen molar-refractivity contribution in [3.05, 3.63) is 34.9 Å². The van der Waals surface area contributed by atoms with Crippen LogP contribution in [0.15, 0.2) is 24.3 Å². The van der Waals surface area contributed by atoms with Crippen LogP contribution >= 0.6 is 27.5 Å². The van der Waals surface area contributed by atoms with Crippen molar-refractivity contribution in [1.82, 2.24) is 0 Å². The highest BCUT2D eigenvalue weighted by Crippen LogP contribution is 2.26. The summed E-state index contributed by atoms with van der Waals surface area (Å²) >= 11 is 9.65. The average molecular weight is 304 g/mol. The Kier molecular flexibility index (Phi) is 6.45. The van der Waals surface area contributed by atoms with E-state index < -0.39 is 0 Å². The predicted octanol–water partition coefficient (Wildman–Crippen LogP) is 5.33. The van der Waals surface area contributed by atoms with Crippen LogP contribution < -0.4 is 0 Å². The maximum Gasteiger partial charge on any atom is 0.0408 e. The molecule has 1 aromatic rings. The van der Waals surface area contributed by atoms with Gasteiger partial charge in [-0.3, -0.25) is 0 Å². The van der Waals surface area contributed by atoms with E-state index in [1.165, 1.54) is 18.4 Å². The van der Waals surface area contributed by atoms with Crippen molar-refractivity contribution >= 4 is 27.5 Å².